The zero-order valence-electron chi connectivity index (χ0n) is 16.2. The van der Waals surface area contributed by atoms with Crippen LogP contribution in [0.3, 0.4) is 0 Å². The fraction of sp³-hybridized carbons (Fsp3) is 0.500. The Morgan fingerprint density at radius 1 is 1.30 bits per heavy atom. The molecule has 1 saturated heterocycles. The summed E-state index contributed by atoms with van der Waals surface area (Å²) in [5, 5.41) is 0.795. The number of hydrogen-bond acceptors (Lipinski definition) is 3. The molecule has 1 aliphatic rings. The number of benzene rings is 1. The molecular formula is C20H27FN4O2. The van der Waals surface area contributed by atoms with E-state index in [4.69, 9.17) is 0 Å². The Labute approximate surface area is 158 Å². The molecule has 0 bridgehead atoms. The van der Waals surface area contributed by atoms with Gasteiger partial charge in [-0.15, -0.1) is 0 Å². The quantitative estimate of drug-likeness (QED) is 0.842. The van der Waals surface area contributed by atoms with E-state index in [2.05, 4.69) is 4.98 Å². The number of carbonyl (C=O) groups excluding carboxylic acids is 2. The first-order valence-corrected chi connectivity index (χ1v) is 9.28. The number of likely N-dealkylation sites (tertiary alicyclic amines) is 1. The number of nitrogens with one attached hydrogen (secondary N) is 1. The Morgan fingerprint density at radius 3 is 2.81 bits per heavy atom. The number of piperidine rings is 1. The highest BCUT2D eigenvalue weighted by atomic mass is 19.1. The molecule has 0 aliphatic carbocycles. The van der Waals surface area contributed by atoms with E-state index in [1.807, 2.05) is 25.1 Å². The predicted octanol–water partition coefficient (Wildman–Crippen LogP) is 2.07. The summed E-state index contributed by atoms with van der Waals surface area (Å²) in [6.45, 7) is 2.34. The minimum absolute atomic E-state index is 0.0437. The van der Waals surface area contributed by atoms with Crippen molar-refractivity contribution in [2.45, 2.75) is 19.4 Å². The van der Waals surface area contributed by atoms with Crippen molar-refractivity contribution < 1.29 is 14.0 Å². The highest BCUT2D eigenvalue weighted by molar-refractivity contribution is 5.84. The Kier molecular flexibility index (Phi) is 5.79. The number of likely N-dealkylation sites (N-methyl/N-ethyl adjacent to an activating group) is 1. The van der Waals surface area contributed by atoms with Crippen LogP contribution in [-0.4, -0.2) is 72.3 Å². The first-order chi connectivity index (χ1) is 12.8. The number of amides is 2. The third kappa shape index (κ3) is 4.66. The first-order valence-electron chi connectivity index (χ1n) is 9.28. The summed E-state index contributed by atoms with van der Waals surface area (Å²) in [7, 11) is 5.71. The molecule has 27 heavy (non-hydrogen) atoms. The Bertz CT molecular complexity index is 832. The van der Waals surface area contributed by atoms with Crippen molar-refractivity contribution in [2.24, 2.45) is 5.92 Å². The molecule has 6 nitrogen and oxygen atoms in total. The molecule has 0 unspecified atom stereocenters. The summed E-state index contributed by atoms with van der Waals surface area (Å²) >= 11 is 0. The summed E-state index contributed by atoms with van der Waals surface area (Å²) in [5.41, 5.74) is 1.72. The van der Waals surface area contributed by atoms with Crippen LogP contribution in [0, 0.1) is 11.7 Å². The molecule has 2 amide bonds. The average molecular weight is 374 g/mol. The van der Waals surface area contributed by atoms with E-state index in [-0.39, 0.29) is 23.5 Å². The normalized spacial score (nSPS) is 17.7. The summed E-state index contributed by atoms with van der Waals surface area (Å²) < 4.78 is 13.3. The van der Waals surface area contributed by atoms with Crippen molar-refractivity contribution in [3.63, 3.8) is 0 Å². The van der Waals surface area contributed by atoms with Crippen molar-refractivity contribution in [1.82, 2.24) is 19.7 Å². The van der Waals surface area contributed by atoms with Gasteiger partial charge in [0.15, 0.2) is 0 Å². The van der Waals surface area contributed by atoms with Crippen LogP contribution >= 0.6 is 0 Å². The van der Waals surface area contributed by atoms with Crippen LogP contribution < -0.4 is 0 Å². The van der Waals surface area contributed by atoms with Gasteiger partial charge >= 0.3 is 0 Å². The minimum atomic E-state index is -0.276. The Morgan fingerprint density at radius 2 is 2.07 bits per heavy atom. The monoisotopic (exact) mass is 374 g/mol. The van der Waals surface area contributed by atoms with E-state index in [9.17, 15) is 14.0 Å². The smallest absolute Gasteiger partial charge is 0.227 e. The molecule has 1 aliphatic heterocycles. The van der Waals surface area contributed by atoms with Crippen molar-refractivity contribution in [3.8, 4) is 0 Å². The van der Waals surface area contributed by atoms with E-state index in [0.717, 1.165) is 23.1 Å². The van der Waals surface area contributed by atoms with Crippen LogP contribution in [0.2, 0.25) is 0 Å². The maximum absolute atomic E-state index is 13.3. The topological polar surface area (TPSA) is 59.6 Å². The number of aromatic amines is 1. The van der Waals surface area contributed by atoms with Gasteiger partial charge in [0.1, 0.15) is 5.82 Å². The van der Waals surface area contributed by atoms with E-state index in [1.165, 1.54) is 12.1 Å². The number of carbonyl (C=O) groups is 2. The zero-order valence-corrected chi connectivity index (χ0v) is 16.2. The lowest BCUT2D eigenvalue weighted by Crippen LogP contribution is -2.47. The third-order valence-electron chi connectivity index (χ3n) is 5.09. The molecule has 1 fully saturated rings. The number of rotatable bonds is 6. The van der Waals surface area contributed by atoms with Gasteiger partial charge in [0.05, 0.1) is 12.5 Å². The lowest BCUT2D eigenvalue weighted by atomic mass is 9.96. The number of hydrogen-bond donors (Lipinski definition) is 1. The van der Waals surface area contributed by atoms with E-state index >= 15 is 0 Å². The standard InChI is InChI=1S/C20H27FN4O2/c1-23(2)8-9-25-12-14(4-7-19(25)26)20(27)24(3)13-17-11-15-10-16(21)5-6-18(15)22-17/h5-6,10-11,14,22H,4,7-9,12-13H2,1-3H3/t14-/m0/s1. The Balaban J connectivity index is 1.62. The predicted molar refractivity (Wildman–Crippen MR) is 103 cm³/mol. The third-order valence-corrected chi connectivity index (χ3v) is 5.09. The lowest BCUT2D eigenvalue weighted by molar-refractivity contribution is -0.142. The van der Waals surface area contributed by atoms with Gasteiger partial charge in [0.25, 0.3) is 0 Å². The molecule has 146 valence electrons. The molecule has 0 spiro atoms. The van der Waals surface area contributed by atoms with E-state index in [1.54, 1.807) is 22.9 Å². The van der Waals surface area contributed by atoms with Crippen LogP contribution in [0.1, 0.15) is 18.5 Å². The molecule has 2 heterocycles. The van der Waals surface area contributed by atoms with Gasteiger partial charge in [-0.2, -0.15) is 0 Å². The van der Waals surface area contributed by atoms with Gasteiger partial charge in [0.2, 0.25) is 11.8 Å². The van der Waals surface area contributed by atoms with Gasteiger partial charge in [-0.05, 0) is 44.8 Å². The minimum Gasteiger partial charge on any atom is -0.357 e. The van der Waals surface area contributed by atoms with E-state index < -0.39 is 0 Å². The maximum atomic E-state index is 13.3. The van der Waals surface area contributed by atoms with Gasteiger partial charge in [-0.1, -0.05) is 0 Å². The first kappa shape index (κ1) is 19.4. The zero-order chi connectivity index (χ0) is 19.6. The molecule has 0 radical (unpaired) electrons. The van der Waals surface area contributed by atoms with Crippen molar-refractivity contribution in [2.75, 3.05) is 40.8 Å². The molecule has 3 rings (SSSR count). The highest BCUT2D eigenvalue weighted by Crippen LogP contribution is 2.22. The van der Waals surface area contributed by atoms with Gasteiger partial charge in [0, 0.05) is 49.7 Å². The van der Waals surface area contributed by atoms with Gasteiger partial charge < -0.3 is 19.7 Å². The van der Waals surface area contributed by atoms with Gasteiger partial charge in [-0.3, -0.25) is 9.59 Å². The van der Waals surface area contributed by atoms with Crippen molar-refractivity contribution in [3.05, 3.63) is 35.8 Å². The molecule has 1 N–H and O–H groups in total. The fourth-order valence-electron chi connectivity index (χ4n) is 3.55. The van der Waals surface area contributed by atoms with Crippen LogP contribution in [0.25, 0.3) is 10.9 Å². The largest absolute Gasteiger partial charge is 0.357 e. The molecule has 7 heteroatoms. The van der Waals surface area contributed by atoms with E-state index in [0.29, 0.717) is 32.5 Å². The second kappa shape index (κ2) is 8.08. The number of H-pyrrole nitrogens is 1. The van der Waals surface area contributed by atoms with Crippen LogP contribution in [-0.2, 0) is 16.1 Å². The van der Waals surface area contributed by atoms with Crippen molar-refractivity contribution in [1.29, 1.82) is 0 Å². The fourth-order valence-corrected chi connectivity index (χ4v) is 3.55. The second-order valence-electron chi connectivity index (χ2n) is 7.60. The highest BCUT2D eigenvalue weighted by Gasteiger charge is 2.31. The van der Waals surface area contributed by atoms with Crippen LogP contribution in [0.4, 0.5) is 4.39 Å². The summed E-state index contributed by atoms with van der Waals surface area (Å²) in [6, 6.07) is 6.46. The Hall–Kier alpha value is -2.41. The summed E-state index contributed by atoms with van der Waals surface area (Å²) in [6.07, 6.45) is 1.02. The second-order valence-corrected chi connectivity index (χ2v) is 7.60. The average Bonchev–Trinajstić information content (AvgIpc) is 3.01. The SMILES string of the molecule is CN(C)CCN1C[C@@H](C(=O)N(C)Cc2cc3cc(F)ccc3[nH]2)CCC1=O. The molecular weight excluding hydrogens is 347 g/mol. The van der Waals surface area contributed by atoms with Crippen molar-refractivity contribution >= 4 is 22.7 Å². The van der Waals surface area contributed by atoms with Gasteiger partial charge in [-0.25, -0.2) is 4.39 Å². The molecule has 1 aromatic carbocycles. The molecule has 1 aromatic heterocycles. The summed E-state index contributed by atoms with van der Waals surface area (Å²) in [5.74, 6) is -0.276. The number of halogens is 1. The van der Waals surface area contributed by atoms with Crippen LogP contribution in [0.15, 0.2) is 24.3 Å². The molecule has 1 atom stereocenters. The maximum Gasteiger partial charge on any atom is 0.227 e. The summed E-state index contributed by atoms with van der Waals surface area (Å²) in [4.78, 5) is 33.7. The molecule has 2 aromatic rings. The number of fused-ring (bicyclic) bond motifs is 1. The number of aromatic nitrogens is 1. The molecule has 0 saturated carbocycles. The lowest BCUT2D eigenvalue weighted by Gasteiger charge is -2.34. The number of nitrogens with zero attached hydrogens (tertiary/aromatic N) is 3. The van der Waals surface area contributed by atoms with Crippen LogP contribution in [0.5, 0.6) is 0 Å².